The normalized spacial score (nSPS) is 11.0. The summed E-state index contributed by atoms with van der Waals surface area (Å²) in [6, 6.07) is 23.2. The van der Waals surface area contributed by atoms with Gasteiger partial charge < -0.3 is 10.3 Å². The quantitative estimate of drug-likeness (QED) is 0.543. The molecule has 21 heavy (non-hydrogen) atoms. The second-order valence-corrected chi connectivity index (χ2v) is 5.24. The van der Waals surface area contributed by atoms with Crippen LogP contribution < -0.4 is 5.32 Å². The van der Waals surface area contributed by atoms with Gasteiger partial charge in [0, 0.05) is 34.7 Å². The van der Waals surface area contributed by atoms with Crippen molar-refractivity contribution in [2.45, 2.75) is 6.54 Å². The Morgan fingerprint density at radius 3 is 2.48 bits per heavy atom. The molecular weight excluding hydrogens is 256 g/mol. The fraction of sp³-hybridized carbons (Fsp3) is 0.0526. The van der Waals surface area contributed by atoms with Crippen molar-refractivity contribution in [2.75, 3.05) is 5.32 Å². The van der Waals surface area contributed by atoms with Crippen molar-refractivity contribution in [1.29, 1.82) is 0 Å². The maximum absolute atomic E-state index is 3.56. The summed E-state index contributed by atoms with van der Waals surface area (Å²) < 4.78 is 0. The largest absolute Gasteiger partial charge is 0.380 e. The molecule has 0 aliphatic rings. The van der Waals surface area contributed by atoms with Crippen LogP contribution in [0.1, 0.15) is 5.56 Å². The molecule has 2 heteroatoms. The zero-order valence-electron chi connectivity index (χ0n) is 11.6. The van der Waals surface area contributed by atoms with Crippen molar-refractivity contribution >= 4 is 27.4 Å². The zero-order chi connectivity index (χ0) is 14.1. The first-order valence-corrected chi connectivity index (χ1v) is 7.18. The molecule has 0 bridgehead atoms. The van der Waals surface area contributed by atoms with E-state index < -0.39 is 0 Å². The molecule has 2 nitrogen and oxygen atoms in total. The lowest BCUT2D eigenvalue weighted by molar-refractivity contribution is 1.17. The van der Waals surface area contributed by atoms with Crippen LogP contribution in [0.3, 0.4) is 0 Å². The van der Waals surface area contributed by atoms with Crippen molar-refractivity contribution in [3.8, 4) is 0 Å². The maximum Gasteiger partial charge on any atom is 0.0457 e. The molecule has 0 fully saturated rings. The van der Waals surface area contributed by atoms with E-state index in [1.54, 1.807) is 0 Å². The van der Waals surface area contributed by atoms with Gasteiger partial charge in [-0.1, -0.05) is 54.6 Å². The number of fused-ring (bicyclic) bond motifs is 2. The standard InChI is InChI=1S/C19H16N2/c1-2-8-16-14(6-1)7-5-11-19(16)21-13-15-12-20-18-10-4-3-9-17(15)18/h1-12,20-21H,13H2. The van der Waals surface area contributed by atoms with Gasteiger partial charge in [-0.3, -0.25) is 0 Å². The van der Waals surface area contributed by atoms with Gasteiger partial charge in [0.1, 0.15) is 0 Å². The van der Waals surface area contributed by atoms with E-state index in [2.05, 4.69) is 83.2 Å². The minimum absolute atomic E-state index is 0.817. The summed E-state index contributed by atoms with van der Waals surface area (Å²) in [5, 5.41) is 7.37. The van der Waals surface area contributed by atoms with Crippen LogP contribution in [0.4, 0.5) is 5.69 Å². The molecule has 3 aromatic carbocycles. The van der Waals surface area contributed by atoms with Gasteiger partial charge in [0.05, 0.1) is 0 Å². The van der Waals surface area contributed by atoms with E-state index in [0.717, 1.165) is 6.54 Å². The van der Waals surface area contributed by atoms with Crippen LogP contribution in [0.25, 0.3) is 21.7 Å². The summed E-state index contributed by atoms with van der Waals surface area (Å²) in [6.45, 7) is 0.817. The van der Waals surface area contributed by atoms with E-state index in [1.807, 2.05) is 0 Å². The lowest BCUT2D eigenvalue weighted by Gasteiger charge is -2.09. The zero-order valence-corrected chi connectivity index (χ0v) is 11.6. The summed E-state index contributed by atoms with van der Waals surface area (Å²) in [6.07, 6.45) is 2.09. The highest BCUT2D eigenvalue weighted by Gasteiger charge is 2.04. The minimum Gasteiger partial charge on any atom is -0.380 e. The summed E-state index contributed by atoms with van der Waals surface area (Å²) in [5.41, 5.74) is 3.66. The number of anilines is 1. The van der Waals surface area contributed by atoms with Gasteiger partial charge in [-0.25, -0.2) is 0 Å². The van der Waals surface area contributed by atoms with Gasteiger partial charge in [0.2, 0.25) is 0 Å². The fourth-order valence-electron chi connectivity index (χ4n) is 2.85. The Bertz CT molecular complexity index is 900. The van der Waals surface area contributed by atoms with E-state index in [-0.39, 0.29) is 0 Å². The molecule has 0 spiro atoms. The van der Waals surface area contributed by atoms with Crippen molar-refractivity contribution in [3.05, 3.63) is 78.5 Å². The molecule has 0 unspecified atom stereocenters. The molecule has 0 aliphatic carbocycles. The lowest BCUT2D eigenvalue weighted by atomic mass is 10.1. The molecule has 2 N–H and O–H groups in total. The third kappa shape index (κ3) is 2.15. The molecule has 4 aromatic rings. The third-order valence-electron chi connectivity index (χ3n) is 3.93. The maximum atomic E-state index is 3.56. The molecule has 0 aliphatic heterocycles. The molecule has 1 aromatic heterocycles. The van der Waals surface area contributed by atoms with E-state index in [4.69, 9.17) is 0 Å². The van der Waals surface area contributed by atoms with Gasteiger partial charge in [0.25, 0.3) is 0 Å². The number of aromatic nitrogens is 1. The van der Waals surface area contributed by atoms with Crippen LogP contribution in [0.2, 0.25) is 0 Å². The second kappa shape index (κ2) is 4.98. The summed E-state index contributed by atoms with van der Waals surface area (Å²) >= 11 is 0. The Hall–Kier alpha value is -2.74. The SMILES string of the molecule is c1ccc2c(NCc3c[nH]c4ccccc34)cccc2c1. The average Bonchev–Trinajstić information content (AvgIpc) is 2.96. The number of benzene rings is 3. The third-order valence-corrected chi connectivity index (χ3v) is 3.93. The highest BCUT2D eigenvalue weighted by Crippen LogP contribution is 2.24. The van der Waals surface area contributed by atoms with Gasteiger partial charge in [0.15, 0.2) is 0 Å². The molecule has 0 radical (unpaired) electrons. The predicted octanol–water partition coefficient (Wildman–Crippen LogP) is 4.93. The van der Waals surface area contributed by atoms with Crippen molar-refractivity contribution in [2.24, 2.45) is 0 Å². The fourth-order valence-corrected chi connectivity index (χ4v) is 2.85. The minimum atomic E-state index is 0.817. The van der Waals surface area contributed by atoms with Crippen molar-refractivity contribution < 1.29 is 0 Å². The van der Waals surface area contributed by atoms with E-state index in [1.165, 1.54) is 32.9 Å². The number of aromatic amines is 1. The Morgan fingerprint density at radius 1 is 0.762 bits per heavy atom. The van der Waals surface area contributed by atoms with Crippen molar-refractivity contribution in [3.63, 3.8) is 0 Å². The second-order valence-electron chi connectivity index (χ2n) is 5.24. The highest BCUT2D eigenvalue weighted by molar-refractivity contribution is 5.94. The Morgan fingerprint density at radius 2 is 1.52 bits per heavy atom. The van der Waals surface area contributed by atoms with Crippen LogP contribution in [-0.2, 0) is 6.54 Å². The average molecular weight is 272 g/mol. The van der Waals surface area contributed by atoms with E-state index in [9.17, 15) is 0 Å². The summed E-state index contributed by atoms with van der Waals surface area (Å²) in [7, 11) is 0. The van der Waals surface area contributed by atoms with Crippen LogP contribution in [0.5, 0.6) is 0 Å². The first-order valence-electron chi connectivity index (χ1n) is 7.18. The van der Waals surface area contributed by atoms with Crippen LogP contribution >= 0.6 is 0 Å². The Labute approximate surface area is 123 Å². The van der Waals surface area contributed by atoms with Gasteiger partial charge >= 0.3 is 0 Å². The lowest BCUT2D eigenvalue weighted by Crippen LogP contribution is -1.99. The monoisotopic (exact) mass is 272 g/mol. The van der Waals surface area contributed by atoms with Crippen LogP contribution in [0.15, 0.2) is 72.9 Å². The smallest absolute Gasteiger partial charge is 0.0457 e. The number of H-pyrrole nitrogens is 1. The number of rotatable bonds is 3. The molecular formula is C19H16N2. The number of nitrogens with one attached hydrogen (secondary N) is 2. The Balaban J connectivity index is 1.67. The first kappa shape index (κ1) is 12.0. The van der Waals surface area contributed by atoms with Crippen LogP contribution in [0, 0.1) is 0 Å². The number of para-hydroxylation sites is 1. The van der Waals surface area contributed by atoms with E-state index >= 15 is 0 Å². The van der Waals surface area contributed by atoms with E-state index in [0.29, 0.717) is 0 Å². The van der Waals surface area contributed by atoms with Gasteiger partial charge in [-0.2, -0.15) is 0 Å². The Kier molecular flexibility index (Phi) is 2.86. The van der Waals surface area contributed by atoms with Gasteiger partial charge in [-0.15, -0.1) is 0 Å². The first-order chi connectivity index (χ1) is 10.4. The number of hydrogen-bond donors (Lipinski definition) is 2. The number of hydrogen-bond acceptors (Lipinski definition) is 1. The predicted molar refractivity (Wildman–Crippen MR) is 89.6 cm³/mol. The van der Waals surface area contributed by atoms with Gasteiger partial charge in [-0.05, 0) is 23.1 Å². The molecule has 0 atom stereocenters. The summed E-state index contributed by atoms with van der Waals surface area (Å²) in [4.78, 5) is 3.32. The molecule has 4 rings (SSSR count). The van der Waals surface area contributed by atoms with Crippen LogP contribution in [-0.4, -0.2) is 4.98 Å². The topological polar surface area (TPSA) is 27.8 Å². The highest BCUT2D eigenvalue weighted by atomic mass is 14.9. The molecule has 1 heterocycles. The molecule has 0 saturated carbocycles. The summed E-state index contributed by atoms with van der Waals surface area (Å²) in [5.74, 6) is 0. The molecule has 0 saturated heterocycles. The molecule has 0 amide bonds. The van der Waals surface area contributed by atoms with Crippen molar-refractivity contribution in [1.82, 2.24) is 4.98 Å². The molecule has 102 valence electrons.